The minimum absolute atomic E-state index is 0.368. The Labute approximate surface area is 120 Å². The van der Waals surface area contributed by atoms with Crippen LogP contribution in [0.25, 0.3) is 0 Å². The van der Waals surface area contributed by atoms with Crippen molar-refractivity contribution in [1.29, 1.82) is 0 Å². The molecular formula is C15H24N2OS. The van der Waals surface area contributed by atoms with E-state index in [2.05, 4.69) is 25.7 Å². The van der Waals surface area contributed by atoms with Crippen LogP contribution >= 0.6 is 11.3 Å². The average Bonchev–Trinajstić information content (AvgIpc) is 3.08. The van der Waals surface area contributed by atoms with Crippen molar-refractivity contribution in [2.45, 2.75) is 64.8 Å². The lowest BCUT2D eigenvalue weighted by Gasteiger charge is -2.27. The molecule has 0 bridgehead atoms. The van der Waals surface area contributed by atoms with E-state index in [1.165, 1.54) is 25.7 Å². The molecule has 0 saturated heterocycles. The van der Waals surface area contributed by atoms with Crippen molar-refractivity contribution in [3.8, 4) is 0 Å². The molecule has 1 aliphatic rings. The normalized spacial score (nSPS) is 17.6. The largest absolute Gasteiger partial charge is 0.345 e. The number of carbonyl (C=O) groups excluding carboxylic acids is 1. The van der Waals surface area contributed by atoms with E-state index >= 15 is 0 Å². The van der Waals surface area contributed by atoms with Crippen LogP contribution in [0.2, 0.25) is 0 Å². The van der Waals surface area contributed by atoms with Gasteiger partial charge in [-0.25, -0.2) is 4.98 Å². The van der Waals surface area contributed by atoms with Crippen molar-refractivity contribution < 1.29 is 4.79 Å². The zero-order valence-corrected chi connectivity index (χ0v) is 13.0. The fourth-order valence-corrected chi connectivity index (χ4v) is 3.99. The van der Waals surface area contributed by atoms with Crippen LogP contribution in [0.4, 0.5) is 5.13 Å². The third-order valence-corrected chi connectivity index (χ3v) is 5.24. The van der Waals surface area contributed by atoms with Crippen molar-refractivity contribution >= 4 is 22.8 Å². The summed E-state index contributed by atoms with van der Waals surface area (Å²) >= 11 is 1.57. The highest BCUT2D eigenvalue weighted by Gasteiger charge is 2.25. The van der Waals surface area contributed by atoms with Crippen LogP contribution < -0.4 is 4.90 Å². The first-order valence-electron chi connectivity index (χ1n) is 7.43. The third kappa shape index (κ3) is 2.99. The van der Waals surface area contributed by atoms with E-state index in [1.807, 2.05) is 0 Å². The molecule has 1 aliphatic carbocycles. The van der Waals surface area contributed by atoms with Gasteiger partial charge in [0, 0.05) is 12.6 Å². The van der Waals surface area contributed by atoms with Crippen molar-refractivity contribution in [2.75, 3.05) is 11.4 Å². The number of aldehydes is 1. The molecule has 1 aromatic heterocycles. The molecule has 19 heavy (non-hydrogen) atoms. The lowest BCUT2D eigenvalue weighted by atomic mass is 10.0. The monoisotopic (exact) mass is 280 g/mol. The molecule has 1 saturated carbocycles. The zero-order chi connectivity index (χ0) is 13.8. The van der Waals surface area contributed by atoms with E-state index in [0.29, 0.717) is 12.0 Å². The van der Waals surface area contributed by atoms with Crippen molar-refractivity contribution in [3.05, 3.63) is 10.6 Å². The van der Waals surface area contributed by atoms with Gasteiger partial charge in [-0.2, -0.15) is 0 Å². The second kappa shape index (κ2) is 6.51. The third-order valence-electron chi connectivity index (χ3n) is 4.21. The molecule has 1 aromatic rings. The number of thiazole rings is 1. The summed E-state index contributed by atoms with van der Waals surface area (Å²) in [4.78, 5) is 19.2. The Hall–Kier alpha value is -0.900. The van der Waals surface area contributed by atoms with Crippen molar-refractivity contribution in [2.24, 2.45) is 0 Å². The lowest BCUT2D eigenvalue weighted by Crippen LogP contribution is -2.32. The SMILES string of the molecule is CCC(C)c1nc(N(CC)C2CCCC2)sc1C=O. The standard InChI is InChI=1S/C15H24N2OS/c1-4-11(3)14-13(10-18)19-15(16-14)17(5-2)12-8-6-7-9-12/h10-12H,4-9H2,1-3H3. The Morgan fingerprint density at radius 1 is 1.42 bits per heavy atom. The number of rotatable bonds is 6. The molecule has 2 rings (SSSR count). The van der Waals surface area contributed by atoms with Crippen LogP contribution in [0.3, 0.4) is 0 Å². The summed E-state index contributed by atoms with van der Waals surface area (Å²) in [5.41, 5.74) is 0.994. The van der Waals surface area contributed by atoms with Gasteiger partial charge in [0.05, 0.1) is 10.6 Å². The van der Waals surface area contributed by atoms with Gasteiger partial charge in [0.15, 0.2) is 11.4 Å². The summed E-state index contributed by atoms with van der Waals surface area (Å²) in [6, 6.07) is 0.625. The first kappa shape index (κ1) is 14.5. The number of aromatic nitrogens is 1. The summed E-state index contributed by atoms with van der Waals surface area (Å²) in [5, 5.41) is 1.05. The maximum atomic E-state index is 11.2. The summed E-state index contributed by atoms with van der Waals surface area (Å²) in [5.74, 6) is 0.368. The summed E-state index contributed by atoms with van der Waals surface area (Å²) in [6.45, 7) is 7.46. The Kier molecular flexibility index (Phi) is 4.97. The Morgan fingerprint density at radius 3 is 2.63 bits per heavy atom. The highest BCUT2D eigenvalue weighted by Crippen LogP contribution is 2.34. The van der Waals surface area contributed by atoms with Crippen LogP contribution in [0.5, 0.6) is 0 Å². The van der Waals surface area contributed by atoms with Crippen LogP contribution in [0.1, 0.15) is 74.2 Å². The molecule has 106 valence electrons. The fraction of sp³-hybridized carbons (Fsp3) is 0.733. The Morgan fingerprint density at radius 2 is 2.11 bits per heavy atom. The number of anilines is 1. The molecular weight excluding hydrogens is 256 g/mol. The van der Waals surface area contributed by atoms with Crippen LogP contribution in [0, 0.1) is 0 Å². The van der Waals surface area contributed by atoms with Crippen molar-refractivity contribution in [3.63, 3.8) is 0 Å². The molecule has 1 fully saturated rings. The summed E-state index contributed by atoms with van der Waals surface area (Å²) in [7, 11) is 0. The topological polar surface area (TPSA) is 33.2 Å². The van der Waals surface area contributed by atoms with Gasteiger partial charge in [-0.3, -0.25) is 4.79 Å². The molecule has 0 radical (unpaired) electrons. The molecule has 0 N–H and O–H groups in total. The van der Waals surface area contributed by atoms with E-state index in [-0.39, 0.29) is 0 Å². The maximum Gasteiger partial charge on any atom is 0.186 e. The van der Waals surface area contributed by atoms with Gasteiger partial charge >= 0.3 is 0 Å². The fourth-order valence-electron chi connectivity index (χ4n) is 2.85. The van der Waals surface area contributed by atoms with Gasteiger partial charge < -0.3 is 4.90 Å². The molecule has 0 aliphatic heterocycles. The average molecular weight is 280 g/mol. The highest BCUT2D eigenvalue weighted by molar-refractivity contribution is 7.17. The summed E-state index contributed by atoms with van der Waals surface area (Å²) in [6.07, 6.45) is 7.19. The van der Waals surface area contributed by atoms with E-state index in [1.54, 1.807) is 11.3 Å². The van der Waals surface area contributed by atoms with Crippen LogP contribution in [-0.2, 0) is 0 Å². The zero-order valence-electron chi connectivity index (χ0n) is 12.2. The Balaban J connectivity index is 2.27. The molecule has 4 heteroatoms. The highest BCUT2D eigenvalue weighted by atomic mass is 32.1. The first-order valence-corrected chi connectivity index (χ1v) is 8.25. The van der Waals surface area contributed by atoms with E-state index in [9.17, 15) is 4.79 Å². The molecule has 3 nitrogen and oxygen atoms in total. The molecule has 0 spiro atoms. The van der Waals surface area contributed by atoms with E-state index < -0.39 is 0 Å². The van der Waals surface area contributed by atoms with E-state index in [0.717, 1.165) is 35.0 Å². The minimum atomic E-state index is 0.368. The predicted octanol–water partition coefficient (Wildman–Crippen LogP) is 4.24. The number of hydrogen-bond donors (Lipinski definition) is 0. The van der Waals surface area contributed by atoms with Gasteiger partial charge in [0.25, 0.3) is 0 Å². The predicted molar refractivity (Wildman–Crippen MR) is 81.5 cm³/mol. The number of hydrogen-bond acceptors (Lipinski definition) is 4. The number of nitrogens with zero attached hydrogens (tertiary/aromatic N) is 2. The van der Waals surface area contributed by atoms with Gasteiger partial charge in [-0.15, -0.1) is 0 Å². The molecule has 0 aromatic carbocycles. The molecule has 0 amide bonds. The minimum Gasteiger partial charge on any atom is -0.345 e. The van der Waals surface area contributed by atoms with Gasteiger partial charge in [0.2, 0.25) is 0 Å². The quantitative estimate of drug-likeness (QED) is 0.731. The van der Waals surface area contributed by atoms with Gasteiger partial charge in [0.1, 0.15) is 0 Å². The van der Waals surface area contributed by atoms with Gasteiger partial charge in [-0.1, -0.05) is 38.0 Å². The van der Waals surface area contributed by atoms with Gasteiger partial charge in [-0.05, 0) is 32.1 Å². The van der Waals surface area contributed by atoms with Crippen LogP contribution in [0.15, 0.2) is 0 Å². The molecule has 1 unspecified atom stereocenters. The number of carbonyl (C=O) groups is 1. The maximum absolute atomic E-state index is 11.2. The molecule has 1 heterocycles. The smallest absolute Gasteiger partial charge is 0.186 e. The second-order valence-electron chi connectivity index (χ2n) is 5.40. The second-order valence-corrected chi connectivity index (χ2v) is 6.41. The Bertz CT molecular complexity index is 424. The van der Waals surface area contributed by atoms with Crippen LogP contribution in [-0.4, -0.2) is 23.9 Å². The summed E-state index contributed by atoms with van der Waals surface area (Å²) < 4.78 is 0. The molecule has 1 atom stereocenters. The lowest BCUT2D eigenvalue weighted by molar-refractivity contribution is 0.112. The van der Waals surface area contributed by atoms with E-state index in [4.69, 9.17) is 4.98 Å². The first-order chi connectivity index (χ1) is 9.21. The van der Waals surface area contributed by atoms with Crippen molar-refractivity contribution in [1.82, 2.24) is 4.98 Å².